The van der Waals surface area contributed by atoms with Crippen LogP contribution in [-0.2, 0) is 10.0 Å². The van der Waals surface area contributed by atoms with Crippen molar-refractivity contribution in [1.29, 1.82) is 0 Å². The van der Waals surface area contributed by atoms with Gasteiger partial charge >= 0.3 is 0 Å². The molecule has 0 unspecified atom stereocenters. The van der Waals surface area contributed by atoms with Gasteiger partial charge in [0.15, 0.2) is 4.90 Å². The highest BCUT2D eigenvalue weighted by Gasteiger charge is 2.27. The molecule has 108 valence electrons. The van der Waals surface area contributed by atoms with E-state index in [0.717, 1.165) is 0 Å². The van der Waals surface area contributed by atoms with Crippen LogP contribution in [0.2, 0.25) is 0 Å². The highest BCUT2D eigenvalue weighted by atomic mass is 35.5. The lowest BCUT2D eigenvalue weighted by molar-refractivity contribution is 0.411. The van der Waals surface area contributed by atoms with Crippen molar-refractivity contribution < 1.29 is 21.6 Å². The molecule has 0 saturated carbocycles. The topological polar surface area (TPSA) is 46.2 Å². The molecule has 0 amide bonds. The zero-order valence-corrected chi connectivity index (χ0v) is 11.9. The molecule has 3 nitrogen and oxygen atoms in total. The average molecular weight is 316 g/mol. The Hall–Kier alpha value is -0.790. The fourth-order valence-corrected chi connectivity index (χ4v) is 2.65. The molecule has 0 aliphatic heterocycles. The van der Waals surface area contributed by atoms with Crippen LogP contribution in [0.1, 0.15) is 13.8 Å². The Balaban J connectivity index is 3.09. The van der Waals surface area contributed by atoms with E-state index in [0.29, 0.717) is 12.1 Å². The van der Waals surface area contributed by atoms with Crippen molar-refractivity contribution in [2.24, 2.45) is 5.41 Å². The number of halogens is 4. The smallest absolute Gasteiger partial charge is 0.210 e. The van der Waals surface area contributed by atoms with Crippen molar-refractivity contribution in [1.82, 2.24) is 4.72 Å². The number of sulfonamides is 1. The average Bonchev–Trinajstić information content (AvgIpc) is 2.25. The summed E-state index contributed by atoms with van der Waals surface area (Å²) in [6.07, 6.45) is 0. The Morgan fingerprint density at radius 3 is 2.11 bits per heavy atom. The van der Waals surface area contributed by atoms with Crippen LogP contribution in [0.5, 0.6) is 0 Å². The number of benzene rings is 1. The predicted octanol–water partition coefficient (Wildman–Crippen LogP) is 2.65. The lowest BCUT2D eigenvalue weighted by Crippen LogP contribution is -2.35. The zero-order valence-electron chi connectivity index (χ0n) is 10.3. The van der Waals surface area contributed by atoms with Crippen LogP contribution in [0.3, 0.4) is 0 Å². The molecule has 0 heterocycles. The first-order chi connectivity index (χ1) is 8.59. The van der Waals surface area contributed by atoms with E-state index in [4.69, 9.17) is 11.6 Å². The molecular weight excluding hydrogens is 303 g/mol. The normalized spacial score (nSPS) is 12.7. The molecule has 1 aromatic rings. The quantitative estimate of drug-likeness (QED) is 0.849. The zero-order chi connectivity index (χ0) is 14.8. The molecule has 0 atom stereocenters. The SMILES string of the molecule is CC(C)(CCl)CNS(=O)(=O)c1c(F)cc(F)cc1F. The van der Waals surface area contributed by atoms with Crippen LogP contribution >= 0.6 is 11.6 Å². The summed E-state index contributed by atoms with van der Waals surface area (Å²) in [7, 11) is -4.41. The molecule has 0 radical (unpaired) electrons. The predicted molar refractivity (Wildman–Crippen MR) is 66.0 cm³/mol. The first kappa shape index (κ1) is 16.3. The van der Waals surface area contributed by atoms with Gasteiger partial charge in [0, 0.05) is 24.6 Å². The van der Waals surface area contributed by atoms with E-state index in [1.54, 1.807) is 13.8 Å². The van der Waals surface area contributed by atoms with Crippen LogP contribution in [0.15, 0.2) is 17.0 Å². The van der Waals surface area contributed by atoms with Crippen molar-refractivity contribution in [3.05, 3.63) is 29.6 Å². The molecule has 0 aromatic heterocycles. The van der Waals surface area contributed by atoms with Gasteiger partial charge in [-0.05, 0) is 5.41 Å². The minimum atomic E-state index is -4.41. The molecule has 0 aliphatic carbocycles. The molecule has 0 bridgehead atoms. The van der Waals surface area contributed by atoms with E-state index in [-0.39, 0.29) is 12.4 Å². The second-order valence-corrected chi connectivity index (χ2v) is 6.79. The maximum atomic E-state index is 13.4. The summed E-state index contributed by atoms with van der Waals surface area (Å²) in [5, 5.41) is 0. The highest BCUT2D eigenvalue weighted by Crippen LogP contribution is 2.22. The third kappa shape index (κ3) is 4.09. The highest BCUT2D eigenvalue weighted by molar-refractivity contribution is 7.89. The molecule has 0 fully saturated rings. The second-order valence-electron chi connectivity index (χ2n) is 4.82. The van der Waals surface area contributed by atoms with Crippen LogP contribution in [0, 0.1) is 22.9 Å². The number of rotatable bonds is 5. The maximum Gasteiger partial charge on any atom is 0.246 e. The summed E-state index contributed by atoms with van der Waals surface area (Å²) in [5.41, 5.74) is -0.582. The number of alkyl halides is 1. The number of nitrogens with one attached hydrogen (secondary N) is 1. The number of hydrogen-bond donors (Lipinski definition) is 1. The molecular formula is C11H13ClF3NO2S. The van der Waals surface area contributed by atoms with Gasteiger partial charge in [0.1, 0.15) is 17.5 Å². The van der Waals surface area contributed by atoms with Gasteiger partial charge in [-0.3, -0.25) is 0 Å². The van der Waals surface area contributed by atoms with E-state index in [1.165, 1.54) is 0 Å². The van der Waals surface area contributed by atoms with Crippen LogP contribution in [-0.4, -0.2) is 20.8 Å². The first-order valence-electron chi connectivity index (χ1n) is 5.29. The fraction of sp³-hybridized carbons (Fsp3) is 0.455. The van der Waals surface area contributed by atoms with Crippen LogP contribution in [0.4, 0.5) is 13.2 Å². The van der Waals surface area contributed by atoms with Crippen molar-refractivity contribution >= 4 is 21.6 Å². The third-order valence-corrected chi connectivity index (χ3v) is 4.51. The van der Waals surface area contributed by atoms with E-state index >= 15 is 0 Å². The summed E-state index contributed by atoms with van der Waals surface area (Å²) in [5.74, 6) is -3.98. The summed E-state index contributed by atoms with van der Waals surface area (Å²) in [4.78, 5) is -1.20. The molecule has 8 heteroatoms. The lowest BCUT2D eigenvalue weighted by Gasteiger charge is -2.21. The fourth-order valence-electron chi connectivity index (χ4n) is 1.20. The minimum Gasteiger partial charge on any atom is -0.210 e. The Bertz CT molecular complexity index is 552. The van der Waals surface area contributed by atoms with Crippen molar-refractivity contribution in [3.8, 4) is 0 Å². The molecule has 19 heavy (non-hydrogen) atoms. The Labute approximate surface area is 114 Å². The minimum absolute atomic E-state index is 0.102. The third-order valence-electron chi connectivity index (χ3n) is 2.33. The molecule has 0 spiro atoms. The molecule has 1 rings (SSSR count). The molecule has 0 aliphatic rings. The number of hydrogen-bond acceptors (Lipinski definition) is 2. The van der Waals surface area contributed by atoms with E-state index in [1.807, 2.05) is 0 Å². The van der Waals surface area contributed by atoms with Crippen LogP contribution < -0.4 is 4.72 Å². The van der Waals surface area contributed by atoms with Crippen LogP contribution in [0.25, 0.3) is 0 Å². The Kier molecular flexibility index (Phi) is 4.86. The van der Waals surface area contributed by atoms with Gasteiger partial charge in [0.2, 0.25) is 10.0 Å². The monoisotopic (exact) mass is 315 g/mol. The van der Waals surface area contributed by atoms with E-state index in [9.17, 15) is 21.6 Å². The summed E-state index contributed by atoms with van der Waals surface area (Å²) < 4.78 is 65.1. The van der Waals surface area contributed by atoms with Crippen molar-refractivity contribution in [3.63, 3.8) is 0 Å². The van der Waals surface area contributed by atoms with Crippen molar-refractivity contribution in [2.75, 3.05) is 12.4 Å². The summed E-state index contributed by atoms with van der Waals surface area (Å²) in [6, 6.07) is 0.620. The van der Waals surface area contributed by atoms with Gasteiger partial charge in [-0.1, -0.05) is 13.8 Å². The van der Waals surface area contributed by atoms with Gasteiger partial charge in [0.25, 0.3) is 0 Å². The molecule has 1 N–H and O–H groups in total. The lowest BCUT2D eigenvalue weighted by atomic mass is 9.97. The standard InChI is InChI=1S/C11H13ClF3NO2S/c1-11(2,5-12)6-16-19(17,18)10-8(14)3-7(13)4-9(10)15/h3-4,16H,5-6H2,1-2H3. The maximum absolute atomic E-state index is 13.4. The first-order valence-corrected chi connectivity index (χ1v) is 7.31. The largest absolute Gasteiger partial charge is 0.246 e. The van der Waals surface area contributed by atoms with E-state index < -0.39 is 37.8 Å². The summed E-state index contributed by atoms with van der Waals surface area (Å²) >= 11 is 5.62. The van der Waals surface area contributed by atoms with Crippen molar-refractivity contribution in [2.45, 2.75) is 18.7 Å². The summed E-state index contributed by atoms with van der Waals surface area (Å²) in [6.45, 7) is 3.26. The molecule has 0 saturated heterocycles. The Morgan fingerprint density at radius 1 is 1.21 bits per heavy atom. The van der Waals surface area contributed by atoms with Gasteiger partial charge in [-0.2, -0.15) is 0 Å². The molecule has 1 aromatic carbocycles. The van der Waals surface area contributed by atoms with E-state index in [2.05, 4.69) is 4.72 Å². The van der Waals surface area contributed by atoms with Gasteiger partial charge in [0.05, 0.1) is 0 Å². The van der Waals surface area contributed by atoms with Gasteiger partial charge in [-0.15, -0.1) is 11.6 Å². The van der Waals surface area contributed by atoms with Gasteiger partial charge in [-0.25, -0.2) is 26.3 Å². The second kappa shape index (κ2) is 5.68. The van der Waals surface area contributed by atoms with Gasteiger partial charge < -0.3 is 0 Å². The Morgan fingerprint density at radius 2 is 1.68 bits per heavy atom.